The van der Waals surface area contributed by atoms with Crippen LogP contribution in [0.2, 0.25) is 0 Å². The minimum absolute atomic E-state index is 0.0324. The predicted molar refractivity (Wildman–Crippen MR) is 89.9 cm³/mol. The average molecular weight is 315 g/mol. The predicted octanol–water partition coefficient (Wildman–Crippen LogP) is 3.66. The Balaban J connectivity index is 1.93. The highest BCUT2D eigenvalue weighted by atomic mass is 32.1. The lowest BCUT2D eigenvalue weighted by Crippen LogP contribution is -2.28. The molecule has 0 fully saturated rings. The van der Waals surface area contributed by atoms with E-state index in [-0.39, 0.29) is 11.3 Å². The van der Waals surface area contributed by atoms with Gasteiger partial charge in [-0.05, 0) is 43.0 Å². The molecule has 0 aliphatic carbocycles. The van der Waals surface area contributed by atoms with Crippen molar-refractivity contribution in [1.29, 1.82) is 0 Å². The van der Waals surface area contributed by atoms with Gasteiger partial charge in [0.2, 0.25) is 5.01 Å². The summed E-state index contributed by atoms with van der Waals surface area (Å²) in [5, 5.41) is 9.69. The van der Waals surface area contributed by atoms with Crippen molar-refractivity contribution in [2.45, 2.75) is 46.5 Å². The van der Waals surface area contributed by atoms with Crippen molar-refractivity contribution in [3.05, 3.63) is 38.8 Å². The van der Waals surface area contributed by atoms with Crippen molar-refractivity contribution in [3.8, 4) is 0 Å². The number of hydrogen-bond donors (Lipinski definition) is 0. The van der Waals surface area contributed by atoms with Crippen molar-refractivity contribution in [2.75, 3.05) is 11.4 Å². The van der Waals surface area contributed by atoms with E-state index >= 15 is 0 Å². The largest absolute Gasteiger partial charge is 0.306 e. The molecule has 1 amide bonds. The highest BCUT2D eigenvalue weighted by molar-refractivity contribution is 7.13. The fourth-order valence-corrected chi connectivity index (χ4v) is 3.45. The zero-order valence-electron chi connectivity index (χ0n) is 13.7. The number of rotatable bonds is 1. The van der Waals surface area contributed by atoms with Gasteiger partial charge in [-0.25, -0.2) is 0 Å². The van der Waals surface area contributed by atoms with E-state index in [9.17, 15) is 4.79 Å². The minimum atomic E-state index is -0.0766. The topological polar surface area (TPSA) is 46.1 Å². The van der Waals surface area contributed by atoms with Crippen LogP contribution in [0, 0.1) is 13.8 Å². The number of anilines is 1. The fourth-order valence-electron chi connectivity index (χ4n) is 2.60. The van der Waals surface area contributed by atoms with Gasteiger partial charge in [-0.3, -0.25) is 4.79 Å². The lowest BCUT2D eigenvalue weighted by atomic mass is 9.98. The van der Waals surface area contributed by atoms with Gasteiger partial charge in [0.15, 0.2) is 0 Å². The first-order valence-electron chi connectivity index (χ1n) is 7.53. The molecule has 1 aromatic carbocycles. The summed E-state index contributed by atoms with van der Waals surface area (Å²) in [5.41, 5.74) is 4.69. The van der Waals surface area contributed by atoms with Gasteiger partial charge in [0, 0.05) is 17.6 Å². The van der Waals surface area contributed by atoms with Crippen LogP contribution in [0.25, 0.3) is 0 Å². The molecule has 0 saturated carbocycles. The molecule has 2 heterocycles. The van der Waals surface area contributed by atoms with Crippen molar-refractivity contribution in [3.63, 3.8) is 0 Å². The van der Waals surface area contributed by atoms with E-state index in [0.29, 0.717) is 5.01 Å². The molecule has 1 aromatic heterocycles. The Morgan fingerprint density at radius 1 is 1.18 bits per heavy atom. The Labute approximate surface area is 135 Å². The molecule has 4 nitrogen and oxygen atoms in total. The minimum Gasteiger partial charge on any atom is -0.306 e. The highest BCUT2D eigenvalue weighted by Crippen LogP contribution is 2.33. The summed E-state index contributed by atoms with van der Waals surface area (Å²) < 4.78 is 0. The Morgan fingerprint density at radius 3 is 2.50 bits per heavy atom. The second-order valence-corrected chi connectivity index (χ2v) is 7.91. The second kappa shape index (κ2) is 5.16. The maximum Gasteiger partial charge on any atom is 0.289 e. The lowest BCUT2D eigenvalue weighted by molar-refractivity contribution is 0.0988. The molecule has 0 bridgehead atoms. The van der Waals surface area contributed by atoms with Crippen molar-refractivity contribution in [2.24, 2.45) is 0 Å². The van der Waals surface area contributed by atoms with E-state index < -0.39 is 0 Å². The van der Waals surface area contributed by atoms with Crippen molar-refractivity contribution < 1.29 is 4.79 Å². The average Bonchev–Trinajstić information content (AvgIpc) is 3.05. The number of amides is 1. The van der Waals surface area contributed by atoms with E-state index in [1.807, 2.05) is 4.90 Å². The summed E-state index contributed by atoms with van der Waals surface area (Å²) in [4.78, 5) is 14.6. The molecule has 2 aromatic rings. The van der Waals surface area contributed by atoms with Gasteiger partial charge in [0.05, 0.1) is 0 Å². The quantitative estimate of drug-likeness (QED) is 0.807. The van der Waals surface area contributed by atoms with Crippen LogP contribution in [0.4, 0.5) is 5.69 Å². The zero-order valence-corrected chi connectivity index (χ0v) is 14.5. The molecule has 0 spiro atoms. The third-order valence-corrected chi connectivity index (χ3v) is 5.42. The molecule has 22 heavy (non-hydrogen) atoms. The molecule has 3 rings (SSSR count). The number of nitrogens with zero attached hydrogens (tertiary/aromatic N) is 3. The van der Waals surface area contributed by atoms with Gasteiger partial charge in [0.1, 0.15) is 5.01 Å². The summed E-state index contributed by atoms with van der Waals surface area (Å²) in [6.45, 7) is 11.2. The molecule has 0 atom stereocenters. The van der Waals surface area contributed by atoms with Gasteiger partial charge in [-0.1, -0.05) is 38.2 Å². The smallest absolute Gasteiger partial charge is 0.289 e. The summed E-state index contributed by atoms with van der Waals surface area (Å²) in [5.74, 6) is -0.0324. The Hall–Kier alpha value is -1.75. The number of benzene rings is 1. The van der Waals surface area contributed by atoms with Crippen LogP contribution in [-0.4, -0.2) is 22.6 Å². The maximum atomic E-state index is 12.8. The van der Waals surface area contributed by atoms with Crippen LogP contribution in [0.5, 0.6) is 0 Å². The van der Waals surface area contributed by atoms with Gasteiger partial charge in [-0.2, -0.15) is 0 Å². The maximum absolute atomic E-state index is 12.8. The number of aryl methyl sites for hydroxylation is 2. The fraction of sp³-hybridized carbons (Fsp3) is 0.471. The molecule has 1 aliphatic heterocycles. The van der Waals surface area contributed by atoms with Gasteiger partial charge in [0.25, 0.3) is 5.91 Å². The van der Waals surface area contributed by atoms with Gasteiger partial charge >= 0.3 is 0 Å². The van der Waals surface area contributed by atoms with Crippen LogP contribution in [0.1, 0.15) is 52.3 Å². The standard InChI is InChI=1S/C17H21N3OS/c1-10-8-12-6-7-20(13(12)9-11(10)2)15(21)14-18-19-16(22-14)17(3,4)5/h8-9H,6-7H2,1-5H3. The first-order valence-corrected chi connectivity index (χ1v) is 8.35. The molecule has 5 heteroatoms. The molecule has 116 valence electrons. The van der Waals surface area contributed by atoms with E-state index in [2.05, 4.69) is 56.9 Å². The van der Waals surface area contributed by atoms with E-state index in [4.69, 9.17) is 0 Å². The molecule has 0 saturated heterocycles. The molecule has 0 unspecified atom stereocenters. The Bertz CT molecular complexity index is 743. The normalized spacial score (nSPS) is 14.3. The summed E-state index contributed by atoms with van der Waals surface area (Å²) in [6, 6.07) is 4.31. The third kappa shape index (κ3) is 2.54. The van der Waals surface area contributed by atoms with E-state index in [0.717, 1.165) is 23.7 Å². The molecular formula is C17H21N3OS. The van der Waals surface area contributed by atoms with Crippen molar-refractivity contribution >= 4 is 22.9 Å². The second-order valence-electron chi connectivity index (χ2n) is 6.93. The van der Waals surface area contributed by atoms with E-state index in [1.54, 1.807) is 0 Å². The number of aromatic nitrogens is 2. The van der Waals surface area contributed by atoms with Crippen molar-refractivity contribution in [1.82, 2.24) is 10.2 Å². The number of carbonyl (C=O) groups is 1. The van der Waals surface area contributed by atoms with Gasteiger partial charge in [-0.15, -0.1) is 10.2 Å². The monoisotopic (exact) mass is 315 g/mol. The Morgan fingerprint density at radius 2 is 1.86 bits per heavy atom. The molecule has 0 radical (unpaired) electrons. The molecular weight excluding hydrogens is 294 g/mol. The van der Waals surface area contributed by atoms with Crippen LogP contribution in [0.3, 0.4) is 0 Å². The number of carbonyl (C=O) groups excluding carboxylic acids is 1. The summed E-state index contributed by atoms with van der Waals surface area (Å²) in [6.07, 6.45) is 0.910. The number of fused-ring (bicyclic) bond motifs is 1. The van der Waals surface area contributed by atoms with Crippen LogP contribution in [0.15, 0.2) is 12.1 Å². The first-order chi connectivity index (χ1) is 10.3. The third-order valence-electron chi connectivity index (χ3n) is 4.09. The Kier molecular flexibility index (Phi) is 3.56. The zero-order chi connectivity index (χ0) is 16.1. The van der Waals surface area contributed by atoms with Gasteiger partial charge < -0.3 is 4.90 Å². The summed E-state index contributed by atoms with van der Waals surface area (Å²) >= 11 is 1.40. The van der Waals surface area contributed by atoms with Crippen LogP contribution in [-0.2, 0) is 11.8 Å². The SMILES string of the molecule is Cc1cc2c(cc1C)N(C(=O)c1nnc(C(C)(C)C)s1)CC2. The summed E-state index contributed by atoms with van der Waals surface area (Å²) in [7, 11) is 0. The van der Waals surface area contributed by atoms with Crippen LogP contribution < -0.4 is 4.90 Å². The molecule has 1 aliphatic rings. The lowest BCUT2D eigenvalue weighted by Gasteiger charge is -2.17. The first kappa shape index (κ1) is 15.2. The molecule has 0 N–H and O–H groups in total. The van der Waals surface area contributed by atoms with Crippen LogP contribution >= 0.6 is 11.3 Å². The van der Waals surface area contributed by atoms with E-state index in [1.165, 1.54) is 28.0 Å². The highest BCUT2D eigenvalue weighted by Gasteiger charge is 2.29. The number of hydrogen-bond acceptors (Lipinski definition) is 4.